The van der Waals surface area contributed by atoms with Crippen LogP contribution in [0.3, 0.4) is 0 Å². The summed E-state index contributed by atoms with van der Waals surface area (Å²) in [5.41, 5.74) is 0.209. The molecule has 1 amide bonds. The number of hydrogen-bond acceptors (Lipinski definition) is 5. The number of carboxylic acids is 1. The van der Waals surface area contributed by atoms with Crippen LogP contribution in [-0.4, -0.2) is 62.1 Å². The molecule has 1 aliphatic heterocycles. The van der Waals surface area contributed by atoms with Gasteiger partial charge in [0.2, 0.25) is 10.0 Å². The van der Waals surface area contributed by atoms with Crippen molar-refractivity contribution in [3.8, 4) is 0 Å². The summed E-state index contributed by atoms with van der Waals surface area (Å²) >= 11 is 0. The summed E-state index contributed by atoms with van der Waals surface area (Å²) in [7, 11) is -3.63. The molecule has 0 unspecified atom stereocenters. The second-order valence-electron chi connectivity index (χ2n) is 6.22. The zero-order valence-corrected chi connectivity index (χ0v) is 15.7. The van der Waals surface area contributed by atoms with Crippen molar-refractivity contribution >= 4 is 21.9 Å². The third kappa shape index (κ3) is 4.60. The van der Waals surface area contributed by atoms with E-state index in [0.717, 1.165) is 0 Å². The van der Waals surface area contributed by atoms with Gasteiger partial charge in [-0.15, -0.1) is 0 Å². The minimum absolute atomic E-state index is 0.0904. The largest absolute Gasteiger partial charge is 0.480 e. The number of rotatable bonds is 7. The molecule has 2 atom stereocenters. The second-order valence-corrected chi connectivity index (χ2v) is 8.15. The Hall–Kier alpha value is -1.97. The summed E-state index contributed by atoms with van der Waals surface area (Å²) in [5, 5.41) is 11.7. The molecule has 8 nitrogen and oxygen atoms in total. The van der Waals surface area contributed by atoms with Crippen molar-refractivity contribution < 1.29 is 27.9 Å². The van der Waals surface area contributed by atoms with E-state index in [9.17, 15) is 23.1 Å². The number of carboxylic acid groups (broad SMARTS) is 1. The number of ether oxygens (including phenoxy) is 1. The van der Waals surface area contributed by atoms with Crippen LogP contribution in [-0.2, 0) is 19.6 Å². The number of sulfonamides is 1. The van der Waals surface area contributed by atoms with E-state index >= 15 is 0 Å². The molecule has 0 bridgehead atoms. The fourth-order valence-electron chi connectivity index (χ4n) is 2.62. The van der Waals surface area contributed by atoms with Gasteiger partial charge in [0.1, 0.15) is 6.04 Å². The van der Waals surface area contributed by atoms with Crippen molar-refractivity contribution in [2.45, 2.75) is 31.2 Å². The highest BCUT2D eigenvalue weighted by atomic mass is 32.2. The second kappa shape index (κ2) is 8.61. The predicted octanol–water partition coefficient (Wildman–Crippen LogP) is 0.937. The molecular formula is C17H24N2O6S. The molecule has 1 aromatic rings. The van der Waals surface area contributed by atoms with Gasteiger partial charge in [0, 0.05) is 18.7 Å². The zero-order chi connectivity index (χ0) is 19.3. The number of aliphatic carboxylic acids is 1. The summed E-state index contributed by atoms with van der Waals surface area (Å²) in [6.07, 6.45) is 0.605. The number of amides is 1. The average molecular weight is 384 g/mol. The number of carbonyl (C=O) groups excluding carboxylic acids is 1. The first-order chi connectivity index (χ1) is 12.3. The smallest absolute Gasteiger partial charge is 0.326 e. The Labute approximate surface area is 153 Å². The van der Waals surface area contributed by atoms with Crippen LogP contribution in [0.15, 0.2) is 29.2 Å². The lowest BCUT2D eigenvalue weighted by molar-refractivity contribution is -0.140. The van der Waals surface area contributed by atoms with Crippen LogP contribution in [0.2, 0.25) is 0 Å². The lowest BCUT2D eigenvalue weighted by Gasteiger charge is -2.26. The lowest BCUT2D eigenvalue weighted by Crippen LogP contribution is -2.45. The Morgan fingerprint density at radius 1 is 1.23 bits per heavy atom. The van der Waals surface area contributed by atoms with Crippen LogP contribution in [0.1, 0.15) is 30.6 Å². The van der Waals surface area contributed by atoms with Gasteiger partial charge in [-0.3, -0.25) is 4.79 Å². The highest BCUT2D eigenvalue weighted by Crippen LogP contribution is 2.18. The fourth-order valence-corrected chi connectivity index (χ4v) is 4.03. The van der Waals surface area contributed by atoms with Gasteiger partial charge < -0.3 is 15.2 Å². The van der Waals surface area contributed by atoms with E-state index in [2.05, 4.69) is 5.32 Å². The molecule has 0 radical (unpaired) electrons. The van der Waals surface area contributed by atoms with Crippen LogP contribution >= 0.6 is 0 Å². The third-order valence-electron chi connectivity index (χ3n) is 4.49. The van der Waals surface area contributed by atoms with E-state index in [1.54, 1.807) is 6.92 Å². The molecule has 1 heterocycles. The Morgan fingerprint density at radius 3 is 2.31 bits per heavy atom. The SMILES string of the molecule is CC[C@H](C)[C@H](NC(=O)c1ccc(S(=O)(=O)N2CCOCC2)cc1)C(=O)O. The highest BCUT2D eigenvalue weighted by Gasteiger charge is 2.28. The van der Waals surface area contributed by atoms with E-state index in [4.69, 9.17) is 4.74 Å². The Morgan fingerprint density at radius 2 is 1.81 bits per heavy atom. The molecule has 0 aliphatic carbocycles. The van der Waals surface area contributed by atoms with Gasteiger partial charge in [0.15, 0.2) is 0 Å². The molecule has 144 valence electrons. The van der Waals surface area contributed by atoms with Crippen LogP contribution in [0, 0.1) is 5.92 Å². The first kappa shape index (κ1) is 20.3. The van der Waals surface area contributed by atoms with Crippen LogP contribution in [0.4, 0.5) is 0 Å². The lowest BCUT2D eigenvalue weighted by atomic mass is 9.99. The van der Waals surface area contributed by atoms with Crippen LogP contribution in [0.25, 0.3) is 0 Å². The molecule has 0 aromatic heterocycles. The van der Waals surface area contributed by atoms with Crippen molar-refractivity contribution in [3.63, 3.8) is 0 Å². The van der Waals surface area contributed by atoms with Crippen molar-refractivity contribution in [1.29, 1.82) is 0 Å². The highest BCUT2D eigenvalue weighted by molar-refractivity contribution is 7.89. The number of carbonyl (C=O) groups is 2. The third-order valence-corrected chi connectivity index (χ3v) is 6.40. The van der Waals surface area contributed by atoms with E-state index in [1.807, 2.05) is 6.92 Å². The maximum Gasteiger partial charge on any atom is 0.326 e. The standard InChI is InChI=1S/C17H24N2O6S/c1-3-12(2)15(17(21)22)18-16(20)13-4-6-14(7-5-13)26(23,24)19-8-10-25-11-9-19/h4-7,12,15H,3,8-11H2,1-2H3,(H,18,20)(H,21,22)/t12-,15-/m0/s1. The molecule has 2 rings (SSSR count). The van der Waals surface area contributed by atoms with E-state index in [1.165, 1.54) is 28.6 Å². The molecular weight excluding hydrogens is 360 g/mol. The number of nitrogens with one attached hydrogen (secondary N) is 1. The first-order valence-corrected chi connectivity index (χ1v) is 9.93. The maximum absolute atomic E-state index is 12.6. The molecule has 26 heavy (non-hydrogen) atoms. The minimum Gasteiger partial charge on any atom is -0.480 e. The molecule has 1 aliphatic rings. The molecule has 1 aromatic carbocycles. The molecule has 1 fully saturated rings. The molecule has 1 saturated heterocycles. The Kier molecular flexibility index (Phi) is 6.74. The van der Waals surface area contributed by atoms with Gasteiger partial charge in [0.05, 0.1) is 18.1 Å². The monoisotopic (exact) mass is 384 g/mol. The van der Waals surface area contributed by atoms with Gasteiger partial charge in [-0.25, -0.2) is 13.2 Å². The van der Waals surface area contributed by atoms with E-state index < -0.39 is 27.9 Å². The van der Waals surface area contributed by atoms with Crippen LogP contribution < -0.4 is 5.32 Å². The zero-order valence-electron chi connectivity index (χ0n) is 14.8. The summed E-state index contributed by atoms with van der Waals surface area (Å²) in [6, 6.07) is 4.50. The molecule has 0 saturated carbocycles. The predicted molar refractivity (Wildman–Crippen MR) is 94.4 cm³/mol. The Balaban J connectivity index is 2.13. The normalized spacial score (nSPS) is 18.1. The number of nitrogens with zero attached hydrogens (tertiary/aromatic N) is 1. The maximum atomic E-state index is 12.6. The summed E-state index contributed by atoms with van der Waals surface area (Å²) in [5.74, 6) is -1.87. The minimum atomic E-state index is -3.63. The van der Waals surface area contributed by atoms with Crippen molar-refractivity contribution in [3.05, 3.63) is 29.8 Å². The van der Waals surface area contributed by atoms with Gasteiger partial charge in [0.25, 0.3) is 5.91 Å². The van der Waals surface area contributed by atoms with E-state index in [-0.39, 0.29) is 16.4 Å². The van der Waals surface area contributed by atoms with Gasteiger partial charge in [-0.1, -0.05) is 20.3 Å². The quantitative estimate of drug-likeness (QED) is 0.723. The number of morpholine rings is 1. The van der Waals surface area contributed by atoms with Crippen molar-refractivity contribution in [2.24, 2.45) is 5.92 Å². The van der Waals surface area contributed by atoms with Crippen LogP contribution in [0.5, 0.6) is 0 Å². The molecule has 2 N–H and O–H groups in total. The Bertz CT molecular complexity index is 741. The van der Waals surface area contributed by atoms with Gasteiger partial charge in [-0.2, -0.15) is 4.31 Å². The first-order valence-electron chi connectivity index (χ1n) is 8.49. The fraction of sp³-hybridized carbons (Fsp3) is 0.529. The molecule has 9 heteroatoms. The van der Waals surface area contributed by atoms with Gasteiger partial charge >= 0.3 is 5.97 Å². The summed E-state index contributed by atoms with van der Waals surface area (Å²) < 4.78 is 31.6. The van der Waals surface area contributed by atoms with E-state index in [0.29, 0.717) is 32.7 Å². The number of hydrogen-bond donors (Lipinski definition) is 2. The topological polar surface area (TPSA) is 113 Å². The average Bonchev–Trinajstić information content (AvgIpc) is 2.65. The summed E-state index contributed by atoms with van der Waals surface area (Å²) in [6.45, 7) is 4.88. The number of benzene rings is 1. The summed E-state index contributed by atoms with van der Waals surface area (Å²) in [4.78, 5) is 23.7. The molecule has 0 spiro atoms. The van der Waals surface area contributed by atoms with Crippen molar-refractivity contribution in [2.75, 3.05) is 26.3 Å². The van der Waals surface area contributed by atoms with Gasteiger partial charge in [-0.05, 0) is 30.2 Å². The van der Waals surface area contributed by atoms with Crippen molar-refractivity contribution in [1.82, 2.24) is 9.62 Å².